The van der Waals surface area contributed by atoms with Gasteiger partial charge in [0.25, 0.3) is 5.91 Å². The highest BCUT2D eigenvalue weighted by Crippen LogP contribution is 2.25. The Balaban J connectivity index is 1.88. The summed E-state index contributed by atoms with van der Waals surface area (Å²) in [7, 11) is 0. The zero-order valence-electron chi connectivity index (χ0n) is 11.2. The third kappa shape index (κ3) is 3.63. The fourth-order valence-electron chi connectivity index (χ4n) is 2.73. The van der Waals surface area contributed by atoms with Gasteiger partial charge in [0.1, 0.15) is 6.10 Å². The van der Waals surface area contributed by atoms with Crippen molar-refractivity contribution < 1.29 is 19.4 Å². The highest BCUT2D eigenvalue weighted by molar-refractivity contribution is 7.99. The van der Waals surface area contributed by atoms with Gasteiger partial charge in [0, 0.05) is 18.3 Å². The summed E-state index contributed by atoms with van der Waals surface area (Å²) < 4.78 is 5.34. The van der Waals surface area contributed by atoms with Crippen LogP contribution in [0.2, 0.25) is 0 Å². The Morgan fingerprint density at radius 3 is 2.53 bits per heavy atom. The molecule has 0 aromatic carbocycles. The van der Waals surface area contributed by atoms with E-state index < -0.39 is 18.2 Å². The number of carbonyl (C=O) groups excluding carboxylic acids is 1. The average Bonchev–Trinajstić information content (AvgIpc) is 2.77. The lowest BCUT2D eigenvalue weighted by Gasteiger charge is -2.23. The Morgan fingerprint density at radius 1 is 1.16 bits per heavy atom. The zero-order valence-corrected chi connectivity index (χ0v) is 12.0. The molecule has 6 heteroatoms. The number of carboxylic acids is 1. The van der Waals surface area contributed by atoms with E-state index in [1.807, 2.05) is 16.7 Å². The molecule has 0 radical (unpaired) electrons. The standard InChI is InChI=1S/C13H21NO4S/c1-19-9-3-2-7-14(8-6-9)12(15)10-4-5-11(18-10)13(16)17/h9-11H,2-8H2,1H3,(H,16,17). The van der Waals surface area contributed by atoms with E-state index in [1.54, 1.807) is 0 Å². The Kier molecular flexibility index (Phi) is 5.10. The van der Waals surface area contributed by atoms with Crippen LogP contribution < -0.4 is 0 Å². The van der Waals surface area contributed by atoms with Crippen LogP contribution in [0.3, 0.4) is 0 Å². The van der Waals surface area contributed by atoms with Gasteiger partial charge in [-0.15, -0.1) is 0 Å². The number of rotatable bonds is 3. The molecule has 2 aliphatic heterocycles. The monoisotopic (exact) mass is 287 g/mol. The van der Waals surface area contributed by atoms with E-state index in [0.717, 1.165) is 32.4 Å². The molecule has 0 aromatic heterocycles. The summed E-state index contributed by atoms with van der Waals surface area (Å²) in [5.41, 5.74) is 0. The van der Waals surface area contributed by atoms with Gasteiger partial charge in [-0.2, -0.15) is 11.8 Å². The van der Waals surface area contributed by atoms with Gasteiger partial charge < -0.3 is 14.7 Å². The maximum Gasteiger partial charge on any atom is 0.332 e. The third-order valence-electron chi connectivity index (χ3n) is 3.89. The fraction of sp³-hybridized carbons (Fsp3) is 0.846. The van der Waals surface area contributed by atoms with Crippen LogP contribution in [0.15, 0.2) is 0 Å². The largest absolute Gasteiger partial charge is 0.479 e. The summed E-state index contributed by atoms with van der Waals surface area (Å²) in [4.78, 5) is 25.0. The second kappa shape index (κ2) is 6.61. The molecular weight excluding hydrogens is 266 g/mol. The van der Waals surface area contributed by atoms with E-state index in [4.69, 9.17) is 9.84 Å². The number of amides is 1. The Bertz CT molecular complexity index is 350. The fourth-order valence-corrected chi connectivity index (χ4v) is 3.47. The van der Waals surface area contributed by atoms with E-state index in [9.17, 15) is 9.59 Å². The summed E-state index contributed by atoms with van der Waals surface area (Å²) in [6.45, 7) is 1.54. The maximum absolute atomic E-state index is 12.3. The summed E-state index contributed by atoms with van der Waals surface area (Å²) in [6.07, 6.45) is 4.90. The van der Waals surface area contributed by atoms with Gasteiger partial charge >= 0.3 is 5.97 Å². The van der Waals surface area contributed by atoms with Crippen LogP contribution in [0.4, 0.5) is 0 Å². The van der Waals surface area contributed by atoms with E-state index in [2.05, 4.69) is 6.26 Å². The van der Waals surface area contributed by atoms with Gasteiger partial charge in [-0.25, -0.2) is 4.79 Å². The first kappa shape index (κ1) is 14.7. The third-order valence-corrected chi connectivity index (χ3v) is 5.03. The summed E-state index contributed by atoms with van der Waals surface area (Å²) in [5.74, 6) is -0.987. The number of hydrogen-bond donors (Lipinski definition) is 1. The molecule has 0 saturated carbocycles. The molecule has 1 N–H and O–H groups in total. The van der Waals surface area contributed by atoms with Crippen LogP contribution in [0.25, 0.3) is 0 Å². The number of aliphatic carboxylic acids is 1. The van der Waals surface area contributed by atoms with Crippen molar-refractivity contribution in [3.63, 3.8) is 0 Å². The molecule has 0 spiro atoms. The molecule has 19 heavy (non-hydrogen) atoms. The number of carbonyl (C=O) groups is 2. The van der Waals surface area contributed by atoms with Crippen molar-refractivity contribution in [1.82, 2.24) is 4.90 Å². The normalized spacial score (nSPS) is 32.1. The molecule has 3 unspecified atom stereocenters. The van der Waals surface area contributed by atoms with Crippen LogP contribution in [0.1, 0.15) is 32.1 Å². The van der Waals surface area contributed by atoms with Crippen molar-refractivity contribution in [3.05, 3.63) is 0 Å². The molecule has 2 aliphatic rings. The molecule has 2 heterocycles. The van der Waals surface area contributed by atoms with E-state index >= 15 is 0 Å². The van der Waals surface area contributed by atoms with Gasteiger partial charge in [-0.1, -0.05) is 0 Å². The van der Waals surface area contributed by atoms with E-state index in [1.165, 1.54) is 0 Å². The lowest BCUT2D eigenvalue weighted by atomic mass is 10.2. The van der Waals surface area contributed by atoms with Crippen molar-refractivity contribution >= 4 is 23.6 Å². The molecule has 0 aromatic rings. The molecule has 108 valence electrons. The molecule has 5 nitrogen and oxygen atoms in total. The van der Waals surface area contributed by atoms with Crippen molar-refractivity contribution in [1.29, 1.82) is 0 Å². The second-order valence-corrected chi connectivity index (χ2v) is 6.28. The Morgan fingerprint density at radius 2 is 1.89 bits per heavy atom. The van der Waals surface area contributed by atoms with Crippen molar-refractivity contribution in [2.75, 3.05) is 19.3 Å². The first-order chi connectivity index (χ1) is 9.11. The molecule has 0 aliphatic carbocycles. The van der Waals surface area contributed by atoms with E-state index in [0.29, 0.717) is 18.1 Å². The van der Waals surface area contributed by atoms with Gasteiger partial charge in [-0.3, -0.25) is 4.79 Å². The number of nitrogens with zero attached hydrogens (tertiary/aromatic N) is 1. The minimum Gasteiger partial charge on any atom is -0.479 e. The molecular formula is C13H21NO4S. The second-order valence-electron chi connectivity index (χ2n) is 5.14. The highest BCUT2D eigenvalue weighted by atomic mass is 32.2. The Labute approximate surface area is 117 Å². The summed E-state index contributed by atoms with van der Waals surface area (Å²) in [5, 5.41) is 9.52. The topological polar surface area (TPSA) is 66.8 Å². The van der Waals surface area contributed by atoms with Gasteiger partial charge in [-0.05, 0) is 38.4 Å². The molecule has 2 rings (SSSR count). The molecule has 1 amide bonds. The number of carboxylic acid groups (broad SMARTS) is 1. The van der Waals surface area contributed by atoms with Crippen LogP contribution in [-0.4, -0.2) is 58.7 Å². The molecule has 2 fully saturated rings. The van der Waals surface area contributed by atoms with Crippen LogP contribution in [0, 0.1) is 0 Å². The Hall–Kier alpha value is -0.750. The van der Waals surface area contributed by atoms with Gasteiger partial charge in [0.05, 0.1) is 0 Å². The highest BCUT2D eigenvalue weighted by Gasteiger charge is 2.37. The average molecular weight is 287 g/mol. The first-order valence-corrected chi connectivity index (χ1v) is 8.10. The van der Waals surface area contributed by atoms with Crippen LogP contribution >= 0.6 is 11.8 Å². The van der Waals surface area contributed by atoms with Crippen molar-refractivity contribution in [2.24, 2.45) is 0 Å². The van der Waals surface area contributed by atoms with Gasteiger partial charge in [0.15, 0.2) is 6.10 Å². The minimum absolute atomic E-state index is 0.0227. The SMILES string of the molecule is CSC1CCCN(C(=O)C2CCC(C(=O)O)O2)CC1. The molecule has 3 atom stereocenters. The molecule has 0 bridgehead atoms. The predicted molar refractivity (Wildman–Crippen MR) is 73.3 cm³/mol. The molecule has 2 saturated heterocycles. The number of likely N-dealkylation sites (tertiary alicyclic amines) is 1. The number of ether oxygens (including phenoxy) is 1. The number of hydrogen-bond acceptors (Lipinski definition) is 4. The summed E-state index contributed by atoms with van der Waals surface area (Å²) in [6, 6.07) is 0. The first-order valence-electron chi connectivity index (χ1n) is 6.81. The van der Waals surface area contributed by atoms with E-state index in [-0.39, 0.29) is 5.91 Å². The summed E-state index contributed by atoms with van der Waals surface area (Å²) >= 11 is 1.86. The van der Waals surface area contributed by atoms with Crippen LogP contribution in [0.5, 0.6) is 0 Å². The minimum atomic E-state index is -0.964. The van der Waals surface area contributed by atoms with Crippen molar-refractivity contribution in [3.8, 4) is 0 Å². The van der Waals surface area contributed by atoms with Crippen molar-refractivity contribution in [2.45, 2.75) is 49.6 Å². The number of thioether (sulfide) groups is 1. The maximum atomic E-state index is 12.3. The lowest BCUT2D eigenvalue weighted by Crippen LogP contribution is -2.40. The smallest absolute Gasteiger partial charge is 0.332 e. The predicted octanol–water partition coefficient (Wildman–Crippen LogP) is 1.36. The quantitative estimate of drug-likeness (QED) is 0.849. The lowest BCUT2D eigenvalue weighted by molar-refractivity contribution is -0.154. The van der Waals surface area contributed by atoms with Crippen LogP contribution in [-0.2, 0) is 14.3 Å². The zero-order chi connectivity index (χ0) is 13.8. The van der Waals surface area contributed by atoms with Gasteiger partial charge in [0.2, 0.25) is 0 Å².